The van der Waals surface area contributed by atoms with Crippen molar-refractivity contribution < 1.29 is 14.3 Å². The molecule has 1 fully saturated rings. The van der Waals surface area contributed by atoms with Gasteiger partial charge in [0.1, 0.15) is 0 Å². The number of carbonyl (C=O) groups excluding carboxylic acids is 2. The van der Waals surface area contributed by atoms with Gasteiger partial charge in [0.05, 0.1) is 12.5 Å². The van der Waals surface area contributed by atoms with E-state index in [4.69, 9.17) is 4.74 Å². The van der Waals surface area contributed by atoms with Gasteiger partial charge in [-0.1, -0.05) is 30.4 Å². The molecule has 1 aromatic rings. The number of hydrogen-bond acceptors (Lipinski definition) is 3. The quantitative estimate of drug-likeness (QED) is 0.634. The van der Waals surface area contributed by atoms with Crippen molar-refractivity contribution in [2.24, 2.45) is 11.8 Å². The third-order valence-electron chi connectivity index (χ3n) is 4.63. The molecule has 0 unspecified atom stereocenters. The van der Waals surface area contributed by atoms with Crippen LogP contribution in [-0.4, -0.2) is 36.5 Å². The number of allylic oxidation sites excluding steroid dienone is 2. The summed E-state index contributed by atoms with van der Waals surface area (Å²) in [6.45, 7) is 1.88. The highest BCUT2D eigenvalue weighted by molar-refractivity contribution is 5.94. The van der Waals surface area contributed by atoms with E-state index in [9.17, 15) is 9.59 Å². The smallest absolute Gasteiger partial charge is 0.309 e. The minimum atomic E-state index is -0.0958. The zero-order chi connectivity index (χ0) is 16.1. The molecule has 0 spiro atoms. The summed E-state index contributed by atoms with van der Waals surface area (Å²) in [7, 11) is 0. The van der Waals surface area contributed by atoms with Gasteiger partial charge in [-0.25, -0.2) is 0 Å². The number of hydrogen-bond donors (Lipinski definition) is 0. The predicted molar refractivity (Wildman–Crippen MR) is 87.9 cm³/mol. The van der Waals surface area contributed by atoms with E-state index in [0.717, 1.165) is 37.8 Å². The van der Waals surface area contributed by atoms with E-state index in [-0.39, 0.29) is 23.7 Å². The Morgan fingerprint density at radius 2 is 1.87 bits per heavy atom. The van der Waals surface area contributed by atoms with Gasteiger partial charge in [0.2, 0.25) is 0 Å². The van der Waals surface area contributed by atoms with Crippen LogP contribution in [0.5, 0.6) is 0 Å². The first kappa shape index (κ1) is 15.8. The van der Waals surface area contributed by atoms with Crippen molar-refractivity contribution in [3.8, 4) is 0 Å². The molecule has 0 N–H and O–H groups in total. The molecule has 122 valence electrons. The summed E-state index contributed by atoms with van der Waals surface area (Å²) in [5, 5.41) is 0. The number of likely N-dealkylation sites (tertiary alicyclic amines) is 1. The van der Waals surface area contributed by atoms with Gasteiger partial charge in [-0.05, 0) is 37.8 Å². The fourth-order valence-electron chi connectivity index (χ4n) is 3.28. The highest BCUT2D eigenvalue weighted by Gasteiger charge is 2.27. The van der Waals surface area contributed by atoms with Crippen LogP contribution in [0.4, 0.5) is 0 Å². The molecule has 1 aliphatic heterocycles. The first-order chi connectivity index (χ1) is 11.2. The molecular weight excluding hydrogens is 290 g/mol. The first-order valence-electron chi connectivity index (χ1n) is 8.40. The number of rotatable bonds is 4. The molecule has 3 rings (SSSR count). The van der Waals surface area contributed by atoms with Gasteiger partial charge in [-0.3, -0.25) is 9.59 Å². The molecule has 4 nitrogen and oxygen atoms in total. The van der Waals surface area contributed by atoms with Crippen molar-refractivity contribution in [1.82, 2.24) is 4.90 Å². The van der Waals surface area contributed by atoms with Crippen LogP contribution < -0.4 is 0 Å². The van der Waals surface area contributed by atoms with Crippen molar-refractivity contribution in [1.29, 1.82) is 0 Å². The van der Waals surface area contributed by atoms with E-state index in [1.165, 1.54) is 0 Å². The predicted octanol–water partition coefficient (Wildman–Crippen LogP) is 3.05. The molecule has 1 saturated heterocycles. The number of ether oxygens (including phenoxy) is 1. The Hall–Kier alpha value is -2.10. The monoisotopic (exact) mass is 313 g/mol. The van der Waals surface area contributed by atoms with Gasteiger partial charge >= 0.3 is 5.97 Å². The lowest BCUT2D eigenvalue weighted by Gasteiger charge is -2.32. The van der Waals surface area contributed by atoms with Gasteiger partial charge in [-0.15, -0.1) is 0 Å². The first-order valence-corrected chi connectivity index (χ1v) is 8.40. The molecule has 0 aromatic heterocycles. The summed E-state index contributed by atoms with van der Waals surface area (Å²) < 4.78 is 5.48. The summed E-state index contributed by atoms with van der Waals surface area (Å²) in [6, 6.07) is 9.36. The topological polar surface area (TPSA) is 46.6 Å². The van der Waals surface area contributed by atoms with Crippen molar-refractivity contribution in [2.45, 2.75) is 25.7 Å². The van der Waals surface area contributed by atoms with E-state index in [1.807, 2.05) is 47.4 Å². The lowest BCUT2D eigenvalue weighted by molar-refractivity contribution is -0.149. The van der Waals surface area contributed by atoms with Crippen LogP contribution in [0.3, 0.4) is 0 Å². The zero-order valence-corrected chi connectivity index (χ0v) is 13.3. The van der Waals surface area contributed by atoms with Gasteiger partial charge in [0.15, 0.2) is 0 Å². The minimum Gasteiger partial charge on any atom is -0.465 e. The fraction of sp³-hybridized carbons (Fsp3) is 0.474. The molecule has 1 aliphatic carbocycles. The fourth-order valence-corrected chi connectivity index (χ4v) is 3.28. The highest BCUT2D eigenvalue weighted by Crippen LogP contribution is 2.22. The molecule has 1 heterocycles. The highest BCUT2D eigenvalue weighted by atomic mass is 16.5. The maximum atomic E-state index is 12.5. The van der Waals surface area contributed by atoms with Crippen LogP contribution in [0, 0.1) is 11.8 Å². The Bertz CT molecular complexity index is 574. The number of amides is 1. The molecule has 1 amide bonds. The van der Waals surface area contributed by atoms with E-state index >= 15 is 0 Å². The van der Waals surface area contributed by atoms with Crippen LogP contribution in [0.25, 0.3) is 0 Å². The standard InChI is InChI=1S/C19H23NO3/c21-18(16-8-2-1-3-9-16)20-12-6-7-15(13-20)14-23-19(22)17-10-4-5-11-17/h1-5,8-9,15,17H,6-7,10-14H2/t15-/m1/s1. The summed E-state index contributed by atoms with van der Waals surface area (Å²) in [5.41, 5.74) is 0.724. The molecule has 0 radical (unpaired) electrons. The average Bonchev–Trinajstić information content (AvgIpc) is 3.15. The number of piperidine rings is 1. The Morgan fingerprint density at radius 3 is 2.61 bits per heavy atom. The molecule has 2 aliphatic rings. The largest absolute Gasteiger partial charge is 0.465 e. The minimum absolute atomic E-state index is 0.000597. The van der Waals surface area contributed by atoms with Gasteiger partial charge in [-0.2, -0.15) is 0 Å². The Balaban J connectivity index is 1.50. The van der Waals surface area contributed by atoms with Crippen molar-refractivity contribution >= 4 is 11.9 Å². The second-order valence-corrected chi connectivity index (χ2v) is 6.40. The summed E-state index contributed by atoms with van der Waals surface area (Å²) in [6.07, 6.45) is 7.63. The van der Waals surface area contributed by atoms with Crippen LogP contribution in [0.2, 0.25) is 0 Å². The van der Waals surface area contributed by atoms with Gasteiger partial charge in [0, 0.05) is 24.6 Å². The third kappa shape index (κ3) is 4.01. The Labute approximate surface area is 137 Å². The van der Waals surface area contributed by atoms with E-state index in [0.29, 0.717) is 13.2 Å². The molecule has 0 bridgehead atoms. The van der Waals surface area contributed by atoms with Crippen molar-refractivity contribution in [3.05, 3.63) is 48.0 Å². The van der Waals surface area contributed by atoms with Crippen LogP contribution in [-0.2, 0) is 9.53 Å². The average molecular weight is 313 g/mol. The number of esters is 1. The van der Waals surface area contributed by atoms with Gasteiger partial charge in [0.25, 0.3) is 5.91 Å². The molecule has 23 heavy (non-hydrogen) atoms. The third-order valence-corrected chi connectivity index (χ3v) is 4.63. The second-order valence-electron chi connectivity index (χ2n) is 6.40. The zero-order valence-electron chi connectivity index (χ0n) is 13.3. The van der Waals surface area contributed by atoms with E-state index < -0.39 is 0 Å². The summed E-state index contributed by atoms with van der Waals surface area (Å²) in [5.74, 6) is 0.221. The number of nitrogens with zero attached hydrogens (tertiary/aromatic N) is 1. The maximum Gasteiger partial charge on any atom is 0.309 e. The molecule has 4 heteroatoms. The van der Waals surface area contributed by atoms with Crippen molar-refractivity contribution in [2.75, 3.05) is 19.7 Å². The van der Waals surface area contributed by atoms with Crippen LogP contribution in [0.1, 0.15) is 36.0 Å². The molecule has 0 saturated carbocycles. The molecule has 1 atom stereocenters. The van der Waals surface area contributed by atoms with E-state index in [2.05, 4.69) is 0 Å². The Morgan fingerprint density at radius 1 is 1.13 bits per heavy atom. The summed E-state index contributed by atoms with van der Waals surface area (Å²) >= 11 is 0. The normalized spacial score (nSPS) is 21.4. The lowest BCUT2D eigenvalue weighted by Crippen LogP contribution is -2.41. The van der Waals surface area contributed by atoms with Crippen LogP contribution >= 0.6 is 0 Å². The summed E-state index contributed by atoms with van der Waals surface area (Å²) in [4.78, 5) is 26.4. The van der Waals surface area contributed by atoms with Crippen LogP contribution in [0.15, 0.2) is 42.5 Å². The maximum absolute atomic E-state index is 12.5. The number of carbonyl (C=O) groups is 2. The van der Waals surface area contributed by atoms with Crippen molar-refractivity contribution in [3.63, 3.8) is 0 Å². The number of benzene rings is 1. The second kappa shape index (κ2) is 7.44. The lowest BCUT2D eigenvalue weighted by atomic mass is 9.98. The molecular formula is C19H23NO3. The van der Waals surface area contributed by atoms with Gasteiger partial charge < -0.3 is 9.64 Å². The SMILES string of the molecule is O=C(OC[C@@H]1CCCN(C(=O)c2ccccc2)C1)C1CC=CC1. The van der Waals surface area contributed by atoms with E-state index in [1.54, 1.807) is 0 Å². The Kier molecular flexibility index (Phi) is 5.11. The molecule has 1 aromatic carbocycles.